The van der Waals surface area contributed by atoms with Gasteiger partial charge in [-0.25, -0.2) is 9.37 Å². The van der Waals surface area contributed by atoms with Crippen molar-refractivity contribution in [1.82, 2.24) is 4.98 Å². The fourth-order valence-electron chi connectivity index (χ4n) is 2.51. The van der Waals surface area contributed by atoms with E-state index in [0.717, 1.165) is 19.4 Å². The highest BCUT2D eigenvalue weighted by Gasteiger charge is 2.16. The van der Waals surface area contributed by atoms with Gasteiger partial charge in [0.05, 0.1) is 37.5 Å². The topological polar surface area (TPSA) is 69.7 Å². The molecule has 2 aromatic rings. The first kappa shape index (κ1) is 17.1. The van der Waals surface area contributed by atoms with E-state index >= 15 is 0 Å². The van der Waals surface area contributed by atoms with Gasteiger partial charge in [-0.05, 0) is 18.9 Å². The maximum atomic E-state index is 13.5. The summed E-state index contributed by atoms with van der Waals surface area (Å²) >= 11 is 1.21. The molecule has 1 fully saturated rings. The first-order valence-corrected chi connectivity index (χ1v) is 8.60. The molecule has 2 heterocycles. The number of aromatic nitrogens is 1. The normalized spacial score (nSPS) is 17.3. The molecule has 8 heteroatoms. The second kappa shape index (κ2) is 7.87. The molecule has 24 heavy (non-hydrogen) atoms. The van der Waals surface area contributed by atoms with Crippen LogP contribution < -0.4 is 10.1 Å². The van der Waals surface area contributed by atoms with Crippen LogP contribution in [0.2, 0.25) is 0 Å². The van der Waals surface area contributed by atoms with Crippen LogP contribution in [0.25, 0.3) is 10.2 Å². The molecule has 6 nitrogen and oxygen atoms in total. The summed E-state index contributed by atoms with van der Waals surface area (Å²) < 4.78 is 30.1. The van der Waals surface area contributed by atoms with Gasteiger partial charge in [0.1, 0.15) is 17.1 Å². The molecule has 1 N–H and O–H groups in total. The van der Waals surface area contributed by atoms with Gasteiger partial charge in [-0.2, -0.15) is 0 Å². The molecule has 0 aliphatic carbocycles. The second-order valence-electron chi connectivity index (χ2n) is 5.48. The number of nitrogens with one attached hydrogen (secondary N) is 1. The minimum absolute atomic E-state index is 0.152. The molecule has 1 saturated heterocycles. The first-order chi connectivity index (χ1) is 11.7. The van der Waals surface area contributed by atoms with E-state index in [9.17, 15) is 9.18 Å². The number of ether oxygens (including phenoxy) is 3. The summed E-state index contributed by atoms with van der Waals surface area (Å²) in [5.41, 5.74) is 0.536. The van der Waals surface area contributed by atoms with E-state index in [1.807, 2.05) is 0 Å². The van der Waals surface area contributed by atoms with E-state index in [1.165, 1.54) is 30.6 Å². The van der Waals surface area contributed by atoms with Gasteiger partial charge in [-0.3, -0.25) is 4.79 Å². The molecule has 1 aliphatic heterocycles. The molecular formula is C16H19FN2O4S. The van der Waals surface area contributed by atoms with E-state index in [2.05, 4.69) is 10.3 Å². The van der Waals surface area contributed by atoms with Crippen LogP contribution in [0.1, 0.15) is 19.3 Å². The number of benzene rings is 1. The van der Waals surface area contributed by atoms with Crippen molar-refractivity contribution in [3.8, 4) is 5.75 Å². The van der Waals surface area contributed by atoms with Crippen molar-refractivity contribution in [3.05, 3.63) is 17.9 Å². The van der Waals surface area contributed by atoms with E-state index < -0.39 is 5.82 Å². The van der Waals surface area contributed by atoms with Gasteiger partial charge in [-0.15, -0.1) is 0 Å². The van der Waals surface area contributed by atoms with Crippen molar-refractivity contribution in [2.75, 3.05) is 32.2 Å². The number of nitrogens with zero attached hydrogens (tertiary/aromatic N) is 1. The van der Waals surface area contributed by atoms with Crippen LogP contribution in [0.3, 0.4) is 0 Å². The van der Waals surface area contributed by atoms with E-state index in [-0.39, 0.29) is 18.4 Å². The quantitative estimate of drug-likeness (QED) is 0.774. The first-order valence-electron chi connectivity index (χ1n) is 7.79. The number of carbonyl (C=O) groups excluding carboxylic acids is 1. The van der Waals surface area contributed by atoms with E-state index in [1.54, 1.807) is 0 Å². The fourth-order valence-corrected chi connectivity index (χ4v) is 3.44. The molecule has 0 radical (unpaired) electrons. The minimum atomic E-state index is -0.400. The predicted molar refractivity (Wildman–Crippen MR) is 89.2 cm³/mol. The van der Waals surface area contributed by atoms with Gasteiger partial charge in [0.2, 0.25) is 5.91 Å². The molecule has 1 aliphatic rings. The lowest BCUT2D eigenvalue weighted by Crippen LogP contribution is -2.18. The average molecular weight is 354 g/mol. The Bertz CT molecular complexity index is 715. The van der Waals surface area contributed by atoms with Crippen LogP contribution in [0, 0.1) is 5.82 Å². The Morgan fingerprint density at radius 3 is 3.17 bits per heavy atom. The summed E-state index contributed by atoms with van der Waals surface area (Å²) in [7, 11) is 1.46. The Balaban J connectivity index is 1.51. The zero-order chi connectivity index (χ0) is 16.9. The van der Waals surface area contributed by atoms with E-state index in [0.29, 0.717) is 34.3 Å². The number of anilines is 1. The second-order valence-corrected chi connectivity index (χ2v) is 6.51. The Morgan fingerprint density at radius 2 is 2.42 bits per heavy atom. The molecule has 130 valence electrons. The van der Waals surface area contributed by atoms with Gasteiger partial charge < -0.3 is 19.5 Å². The molecule has 1 amide bonds. The van der Waals surface area contributed by atoms with Crippen LogP contribution in [0.4, 0.5) is 9.52 Å². The third-order valence-electron chi connectivity index (χ3n) is 3.69. The van der Waals surface area contributed by atoms with Crippen LogP contribution in [0.5, 0.6) is 5.75 Å². The SMILES string of the molecule is COc1cc(F)cc2sc(NC(=O)CCOCC3CCCO3)nc12. The third kappa shape index (κ3) is 4.19. The molecule has 1 atom stereocenters. The van der Waals surface area contributed by atoms with Crippen LogP contribution in [0.15, 0.2) is 12.1 Å². The van der Waals surface area contributed by atoms with Crippen molar-refractivity contribution in [3.63, 3.8) is 0 Å². The van der Waals surface area contributed by atoms with Crippen LogP contribution in [-0.2, 0) is 14.3 Å². The van der Waals surface area contributed by atoms with Gasteiger partial charge in [0, 0.05) is 12.7 Å². The van der Waals surface area contributed by atoms with Crippen LogP contribution >= 0.6 is 11.3 Å². The van der Waals surface area contributed by atoms with Crippen molar-refractivity contribution in [2.45, 2.75) is 25.4 Å². The van der Waals surface area contributed by atoms with Gasteiger partial charge in [0.25, 0.3) is 0 Å². The van der Waals surface area contributed by atoms with Gasteiger partial charge in [-0.1, -0.05) is 11.3 Å². The molecule has 1 aromatic heterocycles. The van der Waals surface area contributed by atoms with Crippen molar-refractivity contribution in [2.24, 2.45) is 0 Å². The monoisotopic (exact) mass is 354 g/mol. The van der Waals surface area contributed by atoms with Crippen molar-refractivity contribution < 1.29 is 23.4 Å². The summed E-state index contributed by atoms with van der Waals surface area (Å²) in [6.07, 6.45) is 2.46. The Labute approximate surface area is 142 Å². The smallest absolute Gasteiger partial charge is 0.228 e. The maximum absolute atomic E-state index is 13.5. The summed E-state index contributed by atoms with van der Waals surface area (Å²) in [4.78, 5) is 16.2. The molecular weight excluding hydrogens is 335 g/mol. The third-order valence-corrected chi connectivity index (χ3v) is 4.61. The average Bonchev–Trinajstić information content (AvgIpc) is 3.19. The minimum Gasteiger partial charge on any atom is -0.494 e. The molecule has 0 bridgehead atoms. The van der Waals surface area contributed by atoms with E-state index in [4.69, 9.17) is 14.2 Å². The van der Waals surface area contributed by atoms with Crippen molar-refractivity contribution in [1.29, 1.82) is 0 Å². The standard InChI is InChI=1S/C16H19FN2O4S/c1-21-12-7-10(17)8-13-15(12)19-16(24-13)18-14(20)4-6-22-9-11-3-2-5-23-11/h7-8,11H,2-6,9H2,1H3,(H,18,19,20). The summed E-state index contributed by atoms with van der Waals surface area (Å²) in [5, 5.41) is 3.12. The number of amides is 1. The molecule has 3 rings (SSSR count). The molecule has 0 saturated carbocycles. The number of methoxy groups -OCH3 is 1. The number of rotatable bonds is 7. The Hall–Kier alpha value is -1.77. The maximum Gasteiger partial charge on any atom is 0.228 e. The number of hydrogen-bond donors (Lipinski definition) is 1. The number of thiazole rings is 1. The van der Waals surface area contributed by atoms with Gasteiger partial charge in [0.15, 0.2) is 5.13 Å². The number of fused-ring (bicyclic) bond motifs is 1. The Morgan fingerprint density at radius 1 is 1.54 bits per heavy atom. The highest BCUT2D eigenvalue weighted by molar-refractivity contribution is 7.22. The number of carbonyl (C=O) groups is 1. The Kier molecular flexibility index (Phi) is 5.60. The summed E-state index contributed by atoms with van der Waals surface area (Å²) in [5.74, 6) is -0.245. The summed E-state index contributed by atoms with van der Waals surface area (Å²) in [6.45, 7) is 1.63. The highest BCUT2D eigenvalue weighted by atomic mass is 32.1. The van der Waals surface area contributed by atoms with Crippen molar-refractivity contribution >= 4 is 32.6 Å². The molecule has 0 spiro atoms. The molecule has 1 aromatic carbocycles. The zero-order valence-corrected chi connectivity index (χ0v) is 14.2. The summed E-state index contributed by atoms with van der Waals surface area (Å²) in [6, 6.07) is 2.64. The lowest BCUT2D eigenvalue weighted by atomic mass is 10.2. The van der Waals surface area contributed by atoms with Gasteiger partial charge >= 0.3 is 0 Å². The fraction of sp³-hybridized carbons (Fsp3) is 0.500. The lowest BCUT2D eigenvalue weighted by Gasteiger charge is -2.09. The predicted octanol–water partition coefficient (Wildman–Crippen LogP) is 2.97. The zero-order valence-electron chi connectivity index (χ0n) is 13.3. The highest BCUT2D eigenvalue weighted by Crippen LogP contribution is 2.33. The largest absolute Gasteiger partial charge is 0.494 e. The number of halogens is 1. The lowest BCUT2D eigenvalue weighted by molar-refractivity contribution is -0.117. The number of hydrogen-bond acceptors (Lipinski definition) is 6. The van der Waals surface area contributed by atoms with Crippen LogP contribution in [-0.4, -0.2) is 43.9 Å². The molecule has 1 unspecified atom stereocenters.